The van der Waals surface area contributed by atoms with Crippen molar-refractivity contribution in [3.63, 3.8) is 0 Å². The molecule has 0 unspecified atom stereocenters. The van der Waals surface area contributed by atoms with Gasteiger partial charge >= 0.3 is 0 Å². The van der Waals surface area contributed by atoms with Crippen molar-refractivity contribution in [3.05, 3.63) is 77.9 Å². The molecule has 3 heterocycles. The van der Waals surface area contributed by atoms with Gasteiger partial charge < -0.3 is 20.4 Å². The van der Waals surface area contributed by atoms with Crippen LogP contribution in [0, 0.1) is 5.82 Å². The van der Waals surface area contributed by atoms with E-state index >= 15 is 0 Å². The highest BCUT2D eigenvalue weighted by atomic mass is 19.1. The Morgan fingerprint density at radius 1 is 1.13 bits per heavy atom. The van der Waals surface area contributed by atoms with Crippen LogP contribution in [0.4, 0.5) is 10.1 Å². The zero-order valence-corrected chi connectivity index (χ0v) is 16.2. The van der Waals surface area contributed by atoms with Gasteiger partial charge in [0.25, 0.3) is 11.8 Å². The molecule has 5 rings (SSSR count). The fraction of sp³-hybridized carbons (Fsp3) is 0.0870. The standard InChI is InChI=1S/C23H17FN4O3/c24-15-2-1-3-16(10-15)28-22(29)14-8-18-19(12-27-21(18)26-11-14)13-4-5-17-20(9-13)31-7-6-25-23(17)30/h1-5,8-12H,6-7H2,(H,25,30)(H,26,27)(H,28,29). The third kappa shape index (κ3) is 3.59. The fourth-order valence-corrected chi connectivity index (χ4v) is 3.55. The zero-order chi connectivity index (χ0) is 21.4. The summed E-state index contributed by atoms with van der Waals surface area (Å²) in [4.78, 5) is 32.2. The largest absolute Gasteiger partial charge is 0.491 e. The SMILES string of the molecule is O=C(Nc1cccc(F)c1)c1cnc2[nH]cc(-c3ccc4c(c3)OCCNC4=O)c2c1. The third-order valence-corrected chi connectivity index (χ3v) is 5.06. The van der Waals surface area contributed by atoms with Gasteiger partial charge in [-0.3, -0.25) is 9.59 Å². The molecule has 31 heavy (non-hydrogen) atoms. The number of nitrogens with zero attached hydrogens (tertiary/aromatic N) is 1. The molecule has 4 aromatic rings. The predicted octanol–water partition coefficient (Wildman–Crippen LogP) is 3.74. The van der Waals surface area contributed by atoms with E-state index in [0.717, 1.165) is 16.5 Å². The number of amides is 2. The first kappa shape index (κ1) is 18.8. The van der Waals surface area contributed by atoms with Gasteiger partial charge in [-0.1, -0.05) is 12.1 Å². The van der Waals surface area contributed by atoms with Crippen LogP contribution < -0.4 is 15.4 Å². The molecule has 154 valence electrons. The molecule has 1 aliphatic heterocycles. The number of halogens is 1. The molecular formula is C23H17FN4O3. The van der Waals surface area contributed by atoms with Gasteiger partial charge in [-0.05, 0) is 42.0 Å². The van der Waals surface area contributed by atoms with Crippen molar-refractivity contribution in [2.75, 3.05) is 18.5 Å². The number of benzene rings is 2. The molecule has 8 heteroatoms. The van der Waals surface area contributed by atoms with Gasteiger partial charge in [-0.2, -0.15) is 0 Å². The van der Waals surface area contributed by atoms with E-state index in [2.05, 4.69) is 20.6 Å². The van der Waals surface area contributed by atoms with Crippen LogP contribution in [-0.2, 0) is 0 Å². The Morgan fingerprint density at radius 2 is 2.03 bits per heavy atom. The smallest absolute Gasteiger partial charge is 0.257 e. The van der Waals surface area contributed by atoms with Gasteiger partial charge in [0.2, 0.25) is 0 Å². The number of nitrogens with one attached hydrogen (secondary N) is 3. The van der Waals surface area contributed by atoms with Gasteiger partial charge in [-0.25, -0.2) is 9.37 Å². The number of carbonyl (C=O) groups is 2. The highest BCUT2D eigenvalue weighted by molar-refractivity contribution is 6.07. The number of H-pyrrole nitrogens is 1. The maximum Gasteiger partial charge on any atom is 0.257 e. The summed E-state index contributed by atoms with van der Waals surface area (Å²) < 4.78 is 19.1. The average Bonchev–Trinajstić information content (AvgIpc) is 3.10. The van der Waals surface area contributed by atoms with Gasteiger partial charge in [0.15, 0.2) is 0 Å². The molecule has 2 amide bonds. The highest BCUT2D eigenvalue weighted by Gasteiger charge is 2.18. The lowest BCUT2D eigenvalue weighted by atomic mass is 10.0. The summed E-state index contributed by atoms with van der Waals surface area (Å²) in [5.74, 6) is -0.488. The number of hydrogen-bond acceptors (Lipinski definition) is 4. The molecule has 0 fully saturated rings. The minimum atomic E-state index is -0.432. The van der Waals surface area contributed by atoms with Crippen molar-refractivity contribution in [2.45, 2.75) is 0 Å². The van der Waals surface area contributed by atoms with Crippen LogP contribution in [0.1, 0.15) is 20.7 Å². The van der Waals surface area contributed by atoms with Crippen molar-refractivity contribution in [3.8, 4) is 16.9 Å². The molecule has 0 spiro atoms. The summed E-state index contributed by atoms with van der Waals surface area (Å²) >= 11 is 0. The molecule has 2 aromatic carbocycles. The Hall–Kier alpha value is -4.20. The summed E-state index contributed by atoms with van der Waals surface area (Å²) in [7, 11) is 0. The second-order valence-electron chi connectivity index (χ2n) is 7.10. The lowest BCUT2D eigenvalue weighted by molar-refractivity contribution is 0.0956. The van der Waals surface area contributed by atoms with E-state index in [-0.39, 0.29) is 5.91 Å². The maximum absolute atomic E-state index is 13.4. The first-order valence-corrected chi connectivity index (χ1v) is 9.68. The quantitative estimate of drug-likeness (QED) is 0.474. The van der Waals surface area contributed by atoms with Crippen LogP contribution in [0.2, 0.25) is 0 Å². The molecule has 0 atom stereocenters. The second kappa shape index (κ2) is 7.56. The third-order valence-electron chi connectivity index (χ3n) is 5.06. The van der Waals surface area contributed by atoms with Crippen molar-refractivity contribution in [2.24, 2.45) is 0 Å². The van der Waals surface area contributed by atoms with Crippen LogP contribution in [-0.4, -0.2) is 34.9 Å². The Bertz CT molecular complexity index is 1330. The lowest BCUT2D eigenvalue weighted by Crippen LogP contribution is -2.24. The minimum absolute atomic E-state index is 0.170. The molecule has 0 saturated carbocycles. The summed E-state index contributed by atoms with van der Waals surface area (Å²) in [6.45, 7) is 0.839. The number of fused-ring (bicyclic) bond motifs is 2. The first-order chi connectivity index (χ1) is 15.1. The molecule has 1 aliphatic rings. The van der Waals surface area contributed by atoms with Gasteiger partial charge in [0.05, 0.1) is 17.7 Å². The summed E-state index contributed by atoms with van der Waals surface area (Å²) in [6, 6.07) is 12.8. The number of rotatable bonds is 3. The molecule has 0 aliphatic carbocycles. The van der Waals surface area contributed by atoms with Gasteiger partial charge in [0, 0.05) is 29.0 Å². The van der Waals surface area contributed by atoms with Crippen molar-refractivity contribution >= 4 is 28.5 Å². The van der Waals surface area contributed by atoms with E-state index in [1.807, 2.05) is 12.1 Å². The normalized spacial score (nSPS) is 13.1. The zero-order valence-electron chi connectivity index (χ0n) is 16.2. The molecule has 0 bridgehead atoms. The van der Waals surface area contributed by atoms with E-state index in [1.165, 1.54) is 24.4 Å². The molecule has 7 nitrogen and oxygen atoms in total. The number of aromatic amines is 1. The number of anilines is 1. The van der Waals surface area contributed by atoms with Crippen LogP contribution in [0.5, 0.6) is 5.75 Å². The Kier molecular flexibility index (Phi) is 4.59. The number of pyridine rings is 1. The van der Waals surface area contributed by atoms with Crippen LogP contribution >= 0.6 is 0 Å². The summed E-state index contributed by atoms with van der Waals surface area (Å²) in [5, 5.41) is 6.19. The lowest BCUT2D eigenvalue weighted by Gasteiger charge is -2.08. The number of aromatic nitrogens is 2. The Morgan fingerprint density at radius 3 is 2.90 bits per heavy atom. The summed E-state index contributed by atoms with van der Waals surface area (Å²) in [6.07, 6.45) is 3.26. The minimum Gasteiger partial charge on any atom is -0.491 e. The van der Waals surface area contributed by atoms with E-state index in [0.29, 0.717) is 41.4 Å². The number of carbonyl (C=O) groups excluding carboxylic acids is 2. The van der Waals surface area contributed by atoms with Gasteiger partial charge in [0.1, 0.15) is 23.8 Å². The Balaban J connectivity index is 1.50. The van der Waals surface area contributed by atoms with E-state index in [1.54, 1.807) is 24.4 Å². The molecular weight excluding hydrogens is 399 g/mol. The molecule has 3 N–H and O–H groups in total. The van der Waals surface area contributed by atoms with Crippen LogP contribution in [0.3, 0.4) is 0 Å². The van der Waals surface area contributed by atoms with Crippen molar-refractivity contribution < 1.29 is 18.7 Å². The fourth-order valence-electron chi connectivity index (χ4n) is 3.55. The highest BCUT2D eigenvalue weighted by Crippen LogP contribution is 2.33. The number of ether oxygens (including phenoxy) is 1. The van der Waals surface area contributed by atoms with E-state index in [9.17, 15) is 14.0 Å². The predicted molar refractivity (Wildman–Crippen MR) is 114 cm³/mol. The van der Waals surface area contributed by atoms with Crippen LogP contribution in [0.15, 0.2) is 60.9 Å². The van der Waals surface area contributed by atoms with Crippen molar-refractivity contribution in [1.29, 1.82) is 0 Å². The summed E-state index contributed by atoms with van der Waals surface area (Å²) in [5.41, 5.74) is 3.44. The monoisotopic (exact) mass is 416 g/mol. The topological polar surface area (TPSA) is 96.1 Å². The van der Waals surface area contributed by atoms with Crippen LogP contribution in [0.25, 0.3) is 22.2 Å². The van der Waals surface area contributed by atoms with Crippen molar-refractivity contribution in [1.82, 2.24) is 15.3 Å². The van der Waals surface area contributed by atoms with E-state index < -0.39 is 11.7 Å². The first-order valence-electron chi connectivity index (χ1n) is 9.68. The average molecular weight is 416 g/mol. The van der Waals surface area contributed by atoms with Gasteiger partial charge in [-0.15, -0.1) is 0 Å². The van der Waals surface area contributed by atoms with E-state index in [4.69, 9.17) is 4.74 Å². The molecule has 0 radical (unpaired) electrons. The molecule has 2 aromatic heterocycles. The Labute approximate surface area is 176 Å². The number of hydrogen-bond donors (Lipinski definition) is 3. The second-order valence-corrected chi connectivity index (χ2v) is 7.10. The maximum atomic E-state index is 13.4. The molecule has 0 saturated heterocycles.